The van der Waals surface area contributed by atoms with Crippen molar-refractivity contribution in [2.45, 2.75) is 70.9 Å². The van der Waals surface area contributed by atoms with Crippen LogP contribution >= 0.6 is 0 Å². The van der Waals surface area contributed by atoms with Crippen LogP contribution in [0.2, 0.25) is 0 Å². The van der Waals surface area contributed by atoms with Crippen LogP contribution in [0.4, 0.5) is 0 Å². The molecule has 0 aliphatic heterocycles. The van der Waals surface area contributed by atoms with Gasteiger partial charge in [0, 0.05) is 6.61 Å². The summed E-state index contributed by atoms with van der Waals surface area (Å²) in [5.74, 6) is 1.74. The average molecular weight is 281 g/mol. The normalized spacial score (nSPS) is 19.9. The lowest BCUT2D eigenvalue weighted by molar-refractivity contribution is -0.00145. The van der Waals surface area contributed by atoms with Crippen LogP contribution in [0.1, 0.15) is 82.7 Å². The molecular weight excluding hydrogens is 254 g/mol. The zero-order valence-electron chi connectivity index (χ0n) is 12.7. The van der Waals surface area contributed by atoms with Crippen LogP contribution in [-0.2, 0) is 4.74 Å². The molecular formula is C15H27N3O2. The van der Waals surface area contributed by atoms with E-state index < -0.39 is 0 Å². The Labute approximate surface area is 121 Å². The van der Waals surface area contributed by atoms with Gasteiger partial charge in [0.2, 0.25) is 11.7 Å². The fraction of sp³-hybridized carbons (Fsp3) is 0.867. The fourth-order valence-electron chi connectivity index (χ4n) is 2.99. The van der Waals surface area contributed by atoms with Gasteiger partial charge in [-0.1, -0.05) is 37.8 Å². The van der Waals surface area contributed by atoms with E-state index in [1.807, 2.05) is 6.92 Å². The molecule has 1 aliphatic carbocycles. The van der Waals surface area contributed by atoms with Crippen LogP contribution in [0, 0.1) is 5.92 Å². The van der Waals surface area contributed by atoms with Crippen LogP contribution in [0.3, 0.4) is 0 Å². The molecule has 5 nitrogen and oxygen atoms in total. The Morgan fingerprint density at radius 1 is 1.30 bits per heavy atom. The summed E-state index contributed by atoms with van der Waals surface area (Å²) in [6.07, 6.45) is 8.09. The van der Waals surface area contributed by atoms with Gasteiger partial charge in [0.1, 0.15) is 6.10 Å². The summed E-state index contributed by atoms with van der Waals surface area (Å²) >= 11 is 0. The number of aromatic nitrogens is 2. The second kappa shape index (κ2) is 7.74. The van der Waals surface area contributed by atoms with E-state index in [1.54, 1.807) is 0 Å². The highest BCUT2D eigenvalue weighted by Crippen LogP contribution is 2.36. The first-order valence-electron chi connectivity index (χ1n) is 7.96. The highest BCUT2D eigenvalue weighted by atomic mass is 16.5. The van der Waals surface area contributed by atoms with Gasteiger partial charge in [0.25, 0.3) is 0 Å². The summed E-state index contributed by atoms with van der Waals surface area (Å²) < 4.78 is 11.2. The Hall–Kier alpha value is -0.940. The highest BCUT2D eigenvalue weighted by molar-refractivity contribution is 4.97. The number of ether oxygens (including phenoxy) is 1. The molecule has 2 N–H and O–H groups in total. The standard InChI is InChI=1S/C15H27N3O2/c1-3-8-12(16)15-17-14(18-20-15)13(19-4-2)11-9-6-5-7-10-11/h11-13H,3-10,16H2,1-2H3/t12-,13?/m0/s1. The maximum atomic E-state index is 6.03. The molecule has 0 aromatic carbocycles. The SMILES string of the molecule is CCC[C@H](N)c1nc(C(OCC)C2CCCCC2)no1. The first-order chi connectivity index (χ1) is 9.76. The molecule has 20 heavy (non-hydrogen) atoms. The van der Waals surface area contributed by atoms with E-state index in [9.17, 15) is 0 Å². The molecule has 2 rings (SSSR count). The lowest BCUT2D eigenvalue weighted by Crippen LogP contribution is -2.20. The molecule has 1 aromatic rings. The summed E-state index contributed by atoms with van der Waals surface area (Å²) in [4.78, 5) is 4.50. The number of nitrogens with zero attached hydrogens (tertiary/aromatic N) is 2. The third kappa shape index (κ3) is 3.79. The Morgan fingerprint density at radius 3 is 2.70 bits per heavy atom. The van der Waals surface area contributed by atoms with Gasteiger partial charge in [0.15, 0.2) is 0 Å². The quantitative estimate of drug-likeness (QED) is 0.827. The largest absolute Gasteiger partial charge is 0.370 e. The second-order valence-corrected chi connectivity index (χ2v) is 5.66. The minimum absolute atomic E-state index is 0.0355. The van der Waals surface area contributed by atoms with Crippen LogP contribution in [0.15, 0.2) is 4.52 Å². The summed E-state index contributed by atoms with van der Waals surface area (Å²) in [6.45, 7) is 4.79. The lowest BCUT2D eigenvalue weighted by atomic mass is 9.85. The molecule has 2 atom stereocenters. The molecule has 1 saturated carbocycles. The van der Waals surface area contributed by atoms with Crippen LogP contribution in [0.5, 0.6) is 0 Å². The molecule has 1 aliphatic rings. The molecule has 114 valence electrons. The van der Waals surface area contributed by atoms with E-state index >= 15 is 0 Å². The van der Waals surface area contributed by atoms with Crippen LogP contribution < -0.4 is 5.73 Å². The van der Waals surface area contributed by atoms with E-state index in [2.05, 4.69) is 17.1 Å². The van der Waals surface area contributed by atoms with E-state index in [0.717, 1.165) is 12.8 Å². The summed E-state index contributed by atoms with van der Waals surface area (Å²) in [5.41, 5.74) is 6.03. The summed E-state index contributed by atoms with van der Waals surface area (Å²) in [7, 11) is 0. The number of rotatable bonds is 7. The van der Waals surface area contributed by atoms with Gasteiger partial charge in [-0.05, 0) is 32.1 Å². The van der Waals surface area contributed by atoms with Crippen molar-refractivity contribution in [2.24, 2.45) is 11.7 Å². The minimum Gasteiger partial charge on any atom is -0.370 e. The molecule has 0 spiro atoms. The molecule has 0 bridgehead atoms. The zero-order chi connectivity index (χ0) is 14.4. The Morgan fingerprint density at radius 2 is 2.05 bits per heavy atom. The minimum atomic E-state index is -0.158. The van der Waals surface area contributed by atoms with Crippen LogP contribution in [-0.4, -0.2) is 16.7 Å². The van der Waals surface area contributed by atoms with Gasteiger partial charge in [-0.25, -0.2) is 0 Å². The molecule has 1 heterocycles. The lowest BCUT2D eigenvalue weighted by Gasteiger charge is -2.27. The first-order valence-corrected chi connectivity index (χ1v) is 7.96. The zero-order valence-corrected chi connectivity index (χ0v) is 12.7. The van der Waals surface area contributed by atoms with Crippen molar-refractivity contribution in [3.8, 4) is 0 Å². The first kappa shape index (κ1) is 15.4. The van der Waals surface area contributed by atoms with Crippen LogP contribution in [0.25, 0.3) is 0 Å². The Balaban J connectivity index is 2.08. The molecule has 1 fully saturated rings. The van der Waals surface area contributed by atoms with Gasteiger partial charge in [-0.2, -0.15) is 4.98 Å². The van der Waals surface area contributed by atoms with Gasteiger partial charge >= 0.3 is 0 Å². The average Bonchev–Trinajstić information content (AvgIpc) is 2.95. The predicted octanol–water partition coefficient (Wildman–Crippen LogP) is 3.53. The Bertz CT molecular complexity index is 388. The monoisotopic (exact) mass is 281 g/mol. The molecule has 1 aromatic heterocycles. The van der Waals surface area contributed by atoms with Crippen molar-refractivity contribution in [3.05, 3.63) is 11.7 Å². The number of hydrogen-bond acceptors (Lipinski definition) is 5. The number of nitrogens with two attached hydrogens (primary N) is 1. The maximum Gasteiger partial charge on any atom is 0.243 e. The summed E-state index contributed by atoms with van der Waals surface area (Å²) in [6, 6.07) is -0.158. The molecule has 0 amide bonds. The predicted molar refractivity (Wildman–Crippen MR) is 77.1 cm³/mol. The van der Waals surface area contributed by atoms with E-state index in [1.165, 1.54) is 32.1 Å². The highest BCUT2D eigenvalue weighted by Gasteiger charge is 2.30. The van der Waals surface area contributed by atoms with Crippen molar-refractivity contribution < 1.29 is 9.26 Å². The molecule has 0 saturated heterocycles. The van der Waals surface area contributed by atoms with Gasteiger partial charge in [-0.3, -0.25) is 0 Å². The third-order valence-corrected chi connectivity index (χ3v) is 4.05. The topological polar surface area (TPSA) is 74.2 Å². The van der Waals surface area contributed by atoms with Crippen molar-refractivity contribution in [3.63, 3.8) is 0 Å². The Kier molecular flexibility index (Phi) is 5.98. The van der Waals surface area contributed by atoms with Crippen molar-refractivity contribution in [1.82, 2.24) is 10.1 Å². The van der Waals surface area contributed by atoms with Gasteiger partial charge in [0.05, 0.1) is 6.04 Å². The molecule has 0 radical (unpaired) electrons. The van der Waals surface area contributed by atoms with Crippen molar-refractivity contribution in [1.29, 1.82) is 0 Å². The van der Waals surface area contributed by atoms with E-state index in [4.69, 9.17) is 15.0 Å². The number of hydrogen-bond donors (Lipinski definition) is 1. The second-order valence-electron chi connectivity index (χ2n) is 5.66. The maximum absolute atomic E-state index is 6.03. The van der Waals surface area contributed by atoms with E-state index in [0.29, 0.717) is 24.2 Å². The van der Waals surface area contributed by atoms with Gasteiger partial charge < -0.3 is 15.0 Å². The van der Waals surface area contributed by atoms with Gasteiger partial charge in [-0.15, -0.1) is 0 Å². The third-order valence-electron chi connectivity index (χ3n) is 4.05. The summed E-state index contributed by atoms with van der Waals surface area (Å²) in [5, 5.41) is 4.12. The fourth-order valence-corrected chi connectivity index (χ4v) is 2.99. The molecule has 5 heteroatoms. The smallest absolute Gasteiger partial charge is 0.243 e. The van der Waals surface area contributed by atoms with E-state index in [-0.39, 0.29) is 12.1 Å². The van der Waals surface area contributed by atoms with Crippen molar-refractivity contribution in [2.75, 3.05) is 6.61 Å². The molecule has 1 unspecified atom stereocenters. The van der Waals surface area contributed by atoms with Crippen molar-refractivity contribution >= 4 is 0 Å².